The van der Waals surface area contributed by atoms with Crippen LogP contribution in [-0.2, 0) is 6.42 Å². The van der Waals surface area contributed by atoms with E-state index in [1.54, 1.807) is 6.20 Å². The first-order chi connectivity index (χ1) is 9.19. The number of hydrogen-bond acceptors (Lipinski definition) is 2. The first-order valence-corrected chi connectivity index (χ1v) is 6.28. The van der Waals surface area contributed by atoms with Crippen molar-refractivity contribution < 1.29 is 8.78 Å². The Balaban J connectivity index is 2.21. The molecule has 4 heteroatoms. The van der Waals surface area contributed by atoms with E-state index in [2.05, 4.69) is 10.3 Å². The van der Waals surface area contributed by atoms with Crippen LogP contribution in [0.3, 0.4) is 0 Å². The minimum absolute atomic E-state index is 0.0487. The smallest absolute Gasteiger partial charge is 0.126 e. The van der Waals surface area contributed by atoms with Crippen molar-refractivity contribution in [1.82, 2.24) is 10.3 Å². The molecule has 0 radical (unpaired) electrons. The molecule has 1 aromatic carbocycles. The molecule has 0 aliphatic rings. The summed E-state index contributed by atoms with van der Waals surface area (Å²) in [6.45, 7) is 2.75. The standard InChI is InChI=1S/C15H16F2N2/c1-2-18-15(14-5-3-4-6-19-14)9-11-7-12(16)10-13(17)8-11/h3-8,10,15,18H,2,9H2,1H3. The van der Waals surface area contributed by atoms with Crippen LogP contribution in [0.25, 0.3) is 0 Å². The molecule has 2 nitrogen and oxygen atoms in total. The maximum Gasteiger partial charge on any atom is 0.126 e. The normalized spacial score (nSPS) is 12.4. The summed E-state index contributed by atoms with van der Waals surface area (Å²) in [5, 5.41) is 3.28. The Morgan fingerprint density at radius 2 is 1.89 bits per heavy atom. The highest BCUT2D eigenvalue weighted by Crippen LogP contribution is 2.18. The molecule has 0 amide bonds. The van der Waals surface area contributed by atoms with Crippen LogP contribution >= 0.6 is 0 Å². The Morgan fingerprint density at radius 1 is 1.16 bits per heavy atom. The zero-order valence-electron chi connectivity index (χ0n) is 10.7. The Hall–Kier alpha value is -1.81. The Kier molecular flexibility index (Phi) is 4.58. The lowest BCUT2D eigenvalue weighted by Gasteiger charge is -2.17. The summed E-state index contributed by atoms with van der Waals surface area (Å²) in [7, 11) is 0. The third-order valence-corrected chi connectivity index (χ3v) is 2.86. The number of nitrogens with zero attached hydrogens (tertiary/aromatic N) is 1. The van der Waals surface area contributed by atoms with Gasteiger partial charge in [-0.25, -0.2) is 8.78 Å². The number of pyridine rings is 1. The Bertz CT molecular complexity index is 509. The first kappa shape index (κ1) is 13.6. The lowest BCUT2D eigenvalue weighted by atomic mass is 10.0. The van der Waals surface area contributed by atoms with Crippen LogP contribution in [0.1, 0.15) is 24.2 Å². The van der Waals surface area contributed by atoms with Gasteiger partial charge in [0, 0.05) is 12.3 Å². The van der Waals surface area contributed by atoms with Crippen molar-refractivity contribution >= 4 is 0 Å². The van der Waals surface area contributed by atoms with Gasteiger partial charge in [-0.05, 0) is 42.8 Å². The SMILES string of the molecule is CCNC(Cc1cc(F)cc(F)c1)c1ccccn1. The van der Waals surface area contributed by atoms with Gasteiger partial charge in [0.15, 0.2) is 0 Å². The largest absolute Gasteiger partial charge is 0.309 e. The predicted octanol–water partition coefficient (Wildman–Crippen LogP) is 3.25. The molecule has 0 bridgehead atoms. The molecule has 1 atom stereocenters. The van der Waals surface area contributed by atoms with Crippen molar-refractivity contribution in [2.24, 2.45) is 0 Å². The molecule has 1 heterocycles. The minimum Gasteiger partial charge on any atom is -0.309 e. The topological polar surface area (TPSA) is 24.9 Å². The second kappa shape index (κ2) is 6.38. The maximum atomic E-state index is 13.2. The number of hydrogen-bond donors (Lipinski definition) is 1. The summed E-state index contributed by atoms with van der Waals surface area (Å²) in [6, 6.07) is 9.20. The molecular formula is C15H16F2N2. The van der Waals surface area contributed by atoms with Gasteiger partial charge in [-0.1, -0.05) is 13.0 Å². The summed E-state index contributed by atoms with van der Waals surface area (Å²) < 4.78 is 26.4. The fraction of sp³-hybridized carbons (Fsp3) is 0.267. The molecule has 100 valence electrons. The molecule has 0 fully saturated rings. The molecule has 2 rings (SSSR count). The fourth-order valence-corrected chi connectivity index (χ4v) is 2.07. The number of likely N-dealkylation sites (N-methyl/N-ethyl adjacent to an activating group) is 1. The molecular weight excluding hydrogens is 246 g/mol. The van der Waals surface area contributed by atoms with Crippen molar-refractivity contribution in [3.05, 3.63) is 65.5 Å². The molecule has 0 spiro atoms. The molecule has 1 N–H and O–H groups in total. The van der Waals surface area contributed by atoms with Crippen molar-refractivity contribution in [3.63, 3.8) is 0 Å². The third kappa shape index (κ3) is 3.83. The van der Waals surface area contributed by atoms with Gasteiger partial charge in [0.1, 0.15) is 11.6 Å². The second-order valence-corrected chi connectivity index (χ2v) is 4.35. The van der Waals surface area contributed by atoms with E-state index in [0.29, 0.717) is 12.0 Å². The van der Waals surface area contributed by atoms with Gasteiger partial charge in [-0.2, -0.15) is 0 Å². The molecule has 1 unspecified atom stereocenters. The van der Waals surface area contributed by atoms with Crippen LogP contribution in [0, 0.1) is 11.6 Å². The van der Waals surface area contributed by atoms with Crippen LogP contribution in [-0.4, -0.2) is 11.5 Å². The van der Waals surface area contributed by atoms with Gasteiger partial charge in [-0.15, -0.1) is 0 Å². The van der Waals surface area contributed by atoms with E-state index in [-0.39, 0.29) is 6.04 Å². The predicted molar refractivity (Wildman–Crippen MR) is 70.7 cm³/mol. The minimum atomic E-state index is -0.550. The second-order valence-electron chi connectivity index (χ2n) is 4.35. The zero-order valence-corrected chi connectivity index (χ0v) is 10.7. The van der Waals surface area contributed by atoms with E-state index in [1.807, 2.05) is 25.1 Å². The van der Waals surface area contributed by atoms with Crippen LogP contribution in [0.15, 0.2) is 42.6 Å². The van der Waals surface area contributed by atoms with Gasteiger partial charge >= 0.3 is 0 Å². The number of aromatic nitrogens is 1. The molecule has 19 heavy (non-hydrogen) atoms. The molecule has 0 aliphatic carbocycles. The van der Waals surface area contributed by atoms with Gasteiger partial charge in [0.25, 0.3) is 0 Å². The highest BCUT2D eigenvalue weighted by Gasteiger charge is 2.13. The zero-order chi connectivity index (χ0) is 13.7. The summed E-state index contributed by atoms with van der Waals surface area (Å²) in [6.07, 6.45) is 2.21. The number of benzene rings is 1. The highest BCUT2D eigenvalue weighted by atomic mass is 19.1. The summed E-state index contributed by atoms with van der Waals surface area (Å²) in [5.41, 5.74) is 1.49. The molecule has 1 aromatic heterocycles. The van der Waals surface area contributed by atoms with Crippen molar-refractivity contribution in [2.45, 2.75) is 19.4 Å². The van der Waals surface area contributed by atoms with E-state index in [9.17, 15) is 8.78 Å². The molecule has 0 aliphatic heterocycles. The highest BCUT2D eigenvalue weighted by molar-refractivity contribution is 5.21. The number of nitrogens with one attached hydrogen (secondary N) is 1. The van der Waals surface area contributed by atoms with Gasteiger partial charge in [0.2, 0.25) is 0 Å². The quantitative estimate of drug-likeness (QED) is 0.894. The van der Waals surface area contributed by atoms with Crippen molar-refractivity contribution in [3.8, 4) is 0 Å². The van der Waals surface area contributed by atoms with E-state index < -0.39 is 11.6 Å². The lowest BCUT2D eigenvalue weighted by Crippen LogP contribution is -2.23. The van der Waals surface area contributed by atoms with Gasteiger partial charge in [-0.3, -0.25) is 4.98 Å². The van der Waals surface area contributed by atoms with Crippen molar-refractivity contribution in [2.75, 3.05) is 6.54 Å². The summed E-state index contributed by atoms with van der Waals surface area (Å²) in [5.74, 6) is -1.10. The van der Waals surface area contributed by atoms with E-state index in [4.69, 9.17) is 0 Å². The molecule has 0 saturated heterocycles. The van der Waals surface area contributed by atoms with E-state index >= 15 is 0 Å². The van der Waals surface area contributed by atoms with Gasteiger partial charge < -0.3 is 5.32 Å². The van der Waals surface area contributed by atoms with Crippen LogP contribution < -0.4 is 5.32 Å². The fourth-order valence-electron chi connectivity index (χ4n) is 2.07. The van der Waals surface area contributed by atoms with E-state index in [0.717, 1.165) is 18.3 Å². The van der Waals surface area contributed by atoms with Crippen molar-refractivity contribution in [1.29, 1.82) is 0 Å². The van der Waals surface area contributed by atoms with Crippen LogP contribution in [0.4, 0.5) is 8.78 Å². The van der Waals surface area contributed by atoms with Crippen LogP contribution in [0.2, 0.25) is 0 Å². The van der Waals surface area contributed by atoms with Crippen LogP contribution in [0.5, 0.6) is 0 Å². The molecule has 0 saturated carbocycles. The monoisotopic (exact) mass is 262 g/mol. The Labute approximate surface area is 111 Å². The average molecular weight is 262 g/mol. The summed E-state index contributed by atoms with van der Waals surface area (Å²) in [4.78, 5) is 4.29. The average Bonchev–Trinajstić information content (AvgIpc) is 2.38. The first-order valence-electron chi connectivity index (χ1n) is 6.28. The number of rotatable bonds is 5. The number of halogens is 2. The van der Waals surface area contributed by atoms with Gasteiger partial charge in [0.05, 0.1) is 11.7 Å². The maximum absolute atomic E-state index is 13.2. The molecule has 2 aromatic rings. The lowest BCUT2D eigenvalue weighted by molar-refractivity contribution is 0.528. The Morgan fingerprint density at radius 3 is 2.47 bits per heavy atom. The summed E-state index contributed by atoms with van der Waals surface area (Å²) >= 11 is 0. The van der Waals surface area contributed by atoms with E-state index in [1.165, 1.54) is 12.1 Å². The third-order valence-electron chi connectivity index (χ3n) is 2.86.